The number of carbonyl (C=O) groups excluding carboxylic acids is 2. The molecule has 182 valence electrons. The number of carbonyl (C=O) groups is 2. The summed E-state index contributed by atoms with van der Waals surface area (Å²) in [5, 5.41) is 0.745. The molecule has 2 aromatic carbocycles. The van der Waals surface area contributed by atoms with E-state index in [1.54, 1.807) is 16.9 Å². The Balaban J connectivity index is 1.31. The van der Waals surface area contributed by atoms with Gasteiger partial charge in [0, 0.05) is 24.6 Å². The number of rotatable bonds is 9. The Morgan fingerprint density at radius 3 is 2.63 bits per heavy atom. The van der Waals surface area contributed by atoms with Gasteiger partial charge in [0.15, 0.2) is 11.5 Å². The number of hydrogen-bond donors (Lipinski definition) is 0. The highest BCUT2D eigenvalue weighted by Gasteiger charge is 2.34. The molecule has 7 nitrogen and oxygen atoms in total. The van der Waals surface area contributed by atoms with Gasteiger partial charge in [-0.2, -0.15) is 4.37 Å². The van der Waals surface area contributed by atoms with Crippen LogP contribution in [0.15, 0.2) is 54.6 Å². The maximum atomic E-state index is 13.5. The standard InChI is InChI=1S/C27H29N3O4S/c1-18-12-27(35-28-18)30(22-6-4-3-5-7-22)26(32)16-29-15-21(14-25(29)31)20-10-11-23(33-2)24(13-20)34-17-19-8-9-19/h3-7,10-13,19,21H,8-9,14-17H2,1-2H3. The van der Waals surface area contributed by atoms with Gasteiger partial charge in [-0.1, -0.05) is 24.3 Å². The first-order valence-corrected chi connectivity index (χ1v) is 12.7. The van der Waals surface area contributed by atoms with Gasteiger partial charge >= 0.3 is 0 Å². The minimum Gasteiger partial charge on any atom is -0.493 e. The lowest BCUT2D eigenvalue weighted by atomic mass is 9.98. The molecule has 1 saturated heterocycles. The maximum Gasteiger partial charge on any atom is 0.251 e. The molecule has 2 aliphatic rings. The van der Waals surface area contributed by atoms with Crippen molar-refractivity contribution in [3.8, 4) is 11.5 Å². The number of aryl methyl sites for hydroxylation is 1. The quantitative estimate of drug-likeness (QED) is 0.424. The summed E-state index contributed by atoms with van der Waals surface area (Å²) in [5.41, 5.74) is 2.64. The zero-order valence-electron chi connectivity index (χ0n) is 20.0. The van der Waals surface area contributed by atoms with Crippen molar-refractivity contribution in [2.24, 2.45) is 5.92 Å². The van der Waals surface area contributed by atoms with Crippen LogP contribution >= 0.6 is 11.5 Å². The van der Waals surface area contributed by atoms with Crippen molar-refractivity contribution in [1.82, 2.24) is 9.27 Å². The topological polar surface area (TPSA) is 72.0 Å². The van der Waals surface area contributed by atoms with E-state index >= 15 is 0 Å². The first kappa shape index (κ1) is 23.4. The van der Waals surface area contributed by atoms with Crippen LogP contribution in [0.2, 0.25) is 0 Å². The second-order valence-corrected chi connectivity index (χ2v) is 9.99. The summed E-state index contributed by atoms with van der Waals surface area (Å²) in [5.74, 6) is 1.87. The Morgan fingerprint density at radius 1 is 1.14 bits per heavy atom. The third-order valence-electron chi connectivity index (χ3n) is 6.47. The Labute approximate surface area is 209 Å². The number of anilines is 2. The van der Waals surface area contributed by atoms with Gasteiger partial charge in [-0.25, -0.2) is 0 Å². The lowest BCUT2D eigenvalue weighted by Gasteiger charge is -2.24. The summed E-state index contributed by atoms with van der Waals surface area (Å²) in [7, 11) is 1.63. The van der Waals surface area contributed by atoms with Crippen molar-refractivity contribution in [3.63, 3.8) is 0 Å². The molecular formula is C27H29N3O4S. The number of hydrogen-bond acceptors (Lipinski definition) is 6. The third kappa shape index (κ3) is 5.32. The molecule has 3 aromatic rings. The number of nitrogens with zero attached hydrogens (tertiary/aromatic N) is 3. The lowest BCUT2D eigenvalue weighted by molar-refractivity contribution is -0.131. The van der Waals surface area contributed by atoms with Crippen molar-refractivity contribution in [3.05, 3.63) is 65.9 Å². The number of ether oxygens (including phenoxy) is 2. The number of benzene rings is 2. The lowest BCUT2D eigenvalue weighted by Crippen LogP contribution is -2.38. The van der Waals surface area contributed by atoms with E-state index in [-0.39, 0.29) is 24.3 Å². The minimum atomic E-state index is -0.156. The molecule has 0 spiro atoms. The molecule has 8 heteroatoms. The van der Waals surface area contributed by atoms with Gasteiger partial charge in [0.25, 0.3) is 5.91 Å². The van der Waals surface area contributed by atoms with E-state index in [0.29, 0.717) is 31.2 Å². The average Bonchev–Trinajstić information content (AvgIpc) is 3.50. The molecule has 0 radical (unpaired) electrons. The van der Waals surface area contributed by atoms with Crippen molar-refractivity contribution >= 4 is 34.0 Å². The summed E-state index contributed by atoms with van der Waals surface area (Å²) in [4.78, 5) is 29.7. The predicted molar refractivity (Wildman–Crippen MR) is 136 cm³/mol. The highest BCUT2D eigenvalue weighted by molar-refractivity contribution is 7.10. The Bertz CT molecular complexity index is 1210. The van der Waals surface area contributed by atoms with Gasteiger partial charge in [-0.3, -0.25) is 14.5 Å². The zero-order chi connectivity index (χ0) is 24.4. The van der Waals surface area contributed by atoms with Gasteiger partial charge in [0.2, 0.25) is 5.91 Å². The van der Waals surface area contributed by atoms with Crippen LogP contribution in [0, 0.1) is 12.8 Å². The van der Waals surface area contributed by atoms with Crippen LogP contribution in [-0.2, 0) is 9.59 Å². The molecule has 1 atom stereocenters. The summed E-state index contributed by atoms with van der Waals surface area (Å²) >= 11 is 1.28. The van der Waals surface area contributed by atoms with Gasteiger partial charge in [-0.15, -0.1) is 0 Å². The molecule has 2 amide bonds. The predicted octanol–water partition coefficient (Wildman–Crippen LogP) is 4.93. The maximum absolute atomic E-state index is 13.5. The Kier molecular flexibility index (Phi) is 6.72. The Hall–Kier alpha value is -3.39. The molecule has 5 rings (SSSR count). The Morgan fingerprint density at radius 2 is 1.94 bits per heavy atom. The fourth-order valence-corrected chi connectivity index (χ4v) is 5.16. The van der Waals surface area contributed by atoms with Crippen molar-refractivity contribution in [2.75, 3.05) is 31.7 Å². The van der Waals surface area contributed by atoms with Crippen LogP contribution in [0.1, 0.15) is 36.4 Å². The van der Waals surface area contributed by atoms with E-state index in [2.05, 4.69) is 4.37 Å². The van der Waals surface area contributed by atoms with Gasteiger partial charge in [0.05, 0.1) is 19.4 Å². The van der Waals surface area contributed by atoms with Gasteiger partial charge in [-0.05, 0) is 73.1 Å². The molecule has 1 saturated carbocycles. The summed E-state index contributed by atoms with van der Waals surface area (Å²) < 4.78 is 15.8. The molecule has 1 aromatic heterocycles. The smallest absolute Gasteiger partial charge is 0.251 e. The number of aromatic nitrogens is 1. The highest BCUT2D eigenvalue weighted by Crippen LogP contribution is 2.37. The fraction of sp³-hybridized carbons (Fsp3) is 0.370. The van der Waals surface area contributed by atoms with Crippen molar-refractivity contribution in [1.29, 1.82) is 0 Å². The van der Waals surface area contributed by atoms with Gasteiger partial charge < -0.3 is 14.4 Å². The van der Waals surface area contributed by atoms with E-state index in [1.807, 2.05) is 61.5 Å². The zero-order valence-corrected chi connectivity index (χ0v) is 20.8. The molecule has 2 heterocycles. The summed E-state index contributed by atoms with van der Waals surface area (Å²) in [6.45, 7) is 3.10. The molecule has 1 aliphatic heterocycles. The SMILES string of the molecule is COc1ccc(C2CC(=O)N(CC(=O)N(c3ccccc3)c3cc(C)ns3)C2)cc1OCC1CC1. The van der Waals surface area contributed by atoms with E-state index < -0.39 is 0 Å². The van der Waals surface area contributed by atoms with E-state index in [0.717, 1.165) is 27.7 Å². The normalized spacial score (nSPS) is 17.5. The fourth-order valence-electron chi connectivity index (χ4n) is 4.36. The molecule has 35 heavy (non-hydrogen) atoms. The van der Waals surface area contributed by atoms with Gasteiger partial charge in [0.1, 0.15) is 11.5 Å². The first-order chi connectivity index (χ1) is 17.0. The van der Waals surface area contributed by atoms with E-state index in [9.17, 15) is 9.59 Å². The van der Waals surface area contributed by atoms with Crippen LogP contribution in [0.5, 0.6) is 11.5 Å². The second kappa shape index (κ2) is 10.1. The minimum absolute atomic E-state index is 0.000283. The van der Waals surface area contributed by atoms with Crippen LogP contribution in [0.25, 0.3) is 0 Å². The largest absolute Gasteiger partial charge is 0.493 e. The molecule has 2 fully saturated rings. The summed E-state index contributed by atoms with van der Waals surface area (Å²) in [6, 6.07) is 17.3. The van der Waals surface area contributed by atoms with Crippen molar-refractivity contribution in [2.45, 2.75) is 32.1 Å². The highest BCUT2D eigenvalue weighted by atomic mass is 32.1. The third-order valence-corrected chi connectivity index (χ3v) is 7.34. The molecule has 0 bridgehead atoms. The van der Waals surface area contributed by atoms with E-state index in [1.165, 1.54) is 24.4 Å². The second-order valence-electron chi connectivity index (χ2n) is 9.21. The van der Waals surface area contributed by atoms with Crippen LogP contribution < -0.4 is 14.4 Å². The van der Waals surface area contributed by atoms with Crippen LogP contribution in [0.4, 0.5) is 10.7 Å². The van der Waals surface area contributed by atoms with E-state index in [4.69, 9.17) is 9.47 Å². The van der Waals surface area contributed by atoms with Crippen LogP contribution in [-0.4, -0.2) is 47.9 Å². The summed E-state index contributed by atoms with van der Waals surface area (Å²) in [6.07, 6.45) is 2.79. The number of methoxy groups -OCH3 is 1. The number of likely N-dealkylation sites (tertiary alicyclic amines) is 1. The monoisotopic (exact) mass is 491 g/mol. The van der Waals surface area contributed by atoms with Crippen LogP contribution in [0.3, 0.4) is 0 Å². The number of para-hydroxylation sites is 1. The molecule has 1 aliphatic carbocycles. The number of amides is 2. The molecular weight excluding hydrogens is 462 g/mol. The molecule has 0 N–H and O–H groups in total. The average molecular weight is 492 g/mol. The molecule has 1 unspecified atom stereocenters. The van der Waals surface area contributed by atoms with Crippen molar-refractivity contribution < 1.29 is 19.1 Å². The first-order valence-electron chi connectivity index (χ1n) is 11.9.